The van der Waals surface area contributed by atoms with Gasteiger partial charge in [0.15, 0.2) is 5.25 Å². The molecule has 0 aliphatic carbocycles. The molecule has 0 spiro atoms. The van der Waals surface area contributed by atoms with Crippen LogP contribution in [0.3, 0.4) is 0 Å². The van der Waals surface area contributed by atoms with Crippen LogP contribution in [-0.4, -0.2) is 32.5 Å². The minimum Gasteiger partial charge on any atom is -0.518 e. The van der Waals surface area contributed by atoms with Crippen molar-refractivity contribution in [1.82, 2.24) is 0 Å². The lowest BCUT2D eigenvalue weighted by atomic mass is 10.3. The van der Waals surface area contributed by atoms with Gasteiger partial charge < -0.3 is 4.43 Å². The highest BCUT2D eigenvalue weighted by molar-refractivity contribution is 7.87. The summed E-state index contributed by atoms with van der Waals surface area (Å²) in [6, 6.07) is 2.55. The van der Waals surface area contributed by atoms with E-state index in [0.717, 1.165) is 37.4 Å². The molecule has 120 valence electrons. The van der Waals surface area contributed by atoms with Gasteiger partial charge in [-0.3, -0.25) is 9.35 Å². The summed E-state index contributed by atoms with van der Waals surface area (Å²) in [5, 5.41) is -1.44. The summed E-state index contributed by atoms with van der Waals surface area (Å²) in [5.41, 5.74) is 0. The van der Waals surface area contributed by atoms with Crippen molar-refractivity contribution in [3.63, 3.8) is 0 Å². The maximum absolute atomic E-state index is 12.1. The van der Waals surface area contributed by atoms with Gasteiger partial charge in [0.05, 0.1) is 0 Å². The van der Waals surface area contributed by atoms with Gasteiger partial charge in [-0.2, -0.15) is 8.42 Å². The largest absolute Gasteiger partial charge is 0.518 e. The van der Waals surface area contributed by atoms with E-state index < -0.39 is 29.7 Å². The summed E-state index contributed by atoms with van der Waals surface area (Å²) in [4.78, 5) is 12.1. The van der Waals surface area contributed by atoms with Crippen LogP contribution in [0.1, 0.15) is 53.4 Å². The fourth-order valence-corrected chi connectivity index (χ4v) is 7.83. The zero-order valence-electron chi connectivity index (χ0n) is 13.0. The van der Waals surface area contributed by atoms with Crippen LogP contribution >= 0.6 is 0 Å². The van der Waals surface area contributed by atoms with Gasteiger partial charge in [-0.05, 0) is 24.6 Å². The third kappa shape index (κ3) is 5.93. The summed E-state index contributed by atoms with van der Waals surface area (Å²) in [7, 11) is -6.63. The standard InChI is InChI=1S/C13H28O5SSi/c1-5-9-20(10-6-2,11-7-3)18-13(14)12(8-4)19(15,16)17/h12H,5-11H2,1-4H3,(H,15,16,17). The Morgan fingerprint density at radius 3 is 1.70 bits per heavy atom. The molecule has 1 N–H and O–H groups in total. The molecule has 7 heteroatoms. The zero-order chi connectivity index (χ0) is 15.8. The topological polar surface area (TPSA) is 80.7 Å². The molecule has 0 saturated heterocycles. The monoisotopic (exact) mass is 324 g/mol. The molecular weight excluding hydrogens is 296 g/mol. The third-order valence-corrected chi connectivity index (χ3v) is 9.54. The maximum Gasteiger partial charge on any atom is 0.313 e. The Morgan fingerprint density at radius 2 is 1.45 bits per heavy atom. The molecule has 0 amide bonds. The summed E-state index contributed by atoms with van der Waals surface area (Å²) in [6.07, 6.45) is 2.79. The highest BCUT2D eigenvalue weighted by Crippen LogP contribution is 2.28. The lowest BCUT2D eigenvalue weighted by Gasteiger charge is -2.31. The van der Waals surface area contributed by atoms with E-state index in [-0.39, 0.29) is 6.42 Å². The van der Waals surface area contributed by atoms with E-state index in [2.05, 4.69) is 0 Å². The van der Waals surface area contributed by atoms with Crippen molar-refractivity contribution in [3.8, 4) is 0 Å². The van der Waals surface area contributed by atoms with Crippen LogP contribution in [0.5, 0.6) is 0 Å². The molecule has 0 bridgehead atoms. The first kappa shape index (κ1) is 19.6. The van der Waals surface area contributed by atoms with Gasteiger partial charge in [-0.1, -0.05) is 47.0 Å². The van der Waals surface area contributed by atoms with E-state index in [0.29, 0.717) is 0 Å². The minimum absolute atomic E-state index is 0.0342. The Hall–Kier alpha value is -0.403. The van der Waals surface area contributed by atoms with Crippen LogP contribution in [0.2, 0.25) is 18.1 Å². The zero-order valence-corrected chi connectivity index (χ0v) is 14.8. The second-order valence-electron chi connectivity index (χ2n) is 5.27. The summed E-state index contributed by atoms with van der Waals surface area (Å²) in [5.74, 6) is -0.767. The maximum atomic E-state index is 12.1. The smallest absolute Gasteiger partial charge is 0.313 e. The molecule has 0 radical (unpaired) electrons. The second kappa shape index (κ2) is 8.79. The molecule has 1 atom stereocenters. The van der Waals surface area contributed by atoms with Crippen molar-refractivity contribution >= 4 is 24.4 Å². The van der Waals surface area contributed by atoms with E-state index >= 15 is 0 Å². The summed E-state index contributed by atoms with van der Waals surface area (Å²) in [6.45, 7) is 7.69. The predicted octanol–water partition coefficient (Wildman–Crippen LogP) is 3.37. The molecular formula is C13H28O5SSi. The Kier molecular flexibility index (Phi) is 8.61. The van der Waals surface area contributed by atoms with Crippen LogP contribution in [0.15, 0.2) is 0 Å². The van der Waals surface area contributed by atoms with Gasteiger partial charge in [0.2, 0.25) is 0 Å². The normalized spacial score (nSPS) is 14.1. The van der Waals surface area contributed by atoms with Crippen molar-refractivity contribution in [3.05, 3.63) is 0 Å². The Morgan fingerprint density at radius 1 is 1.05 bits per heavy atom. The molecule has 0 aliphatic heterocycles. The average molecular weight is 325 g/mol. The molecule has 5 nitrogen and oxygen atoms in total. The highest BCUT2D eigenvalue weighted by atomic mass is 32.2. The lowest BCUT2D eigenvalue weighted by Crippen LogP contribution is -2.44. The first-order chi connectivity index (χ1) is 9.26. The average Bonchev–Trinajstić information content (AvgIpc) is 2.28. The number of hydrogen-bond donors (Lipinski definition) is 1. The van der Waals surface area contributed by atoms with Crippen molar-refractivity contribution in [2.24, 2.45) is 0 Å². The third-order valence-electron chi connectivity index (χ3n) is 3.43. The van der Waals surface area contributed by atoms with E-state index in [1.807, 2.05) is 20.8 Å². The van der Waals surface area contributed by atoms with Crippen molar-refractivity contribution in [2.75, 3.05) is 0 Å². The van der Waals surface area contributed by atoms with Gasteiger partial charge in [-0.25, -0.2) is 0 Å². The molecule has 0 fully saturated rings. The molecule has 0 saturated carbocycles. The van der Waals surface area contributed by atoms with E-state index in [9.17, 15) is 13.2 Å². The molecule has 0 aromatic rings. The molecule has 0 aromatic carbocycles. The van der Waals surface area contributed by atoms with E-state index in [1.54, 1.807) is 6.92 Å². The number of carbonyl (C=O) groups is 1. The number of rotatable bonds is 10. The molecule has 0 aromatic heterocycles. The van der Waals surface area contributed by atoms with Gasteiger partial charge in [0.25, 0.3) is 18.4 Å². The lowest BCUT2D eigenvalue weighted by molar-refractivity contribution is -0.135. The van der Waals surface area contributed by atoms with E-state index in [1.165, 1.54) is 0 Å². The quantitative estimate of drug-likeness (QED) is 0.492. The fraction of sp³-hybridized carbons (Fsp3) is 0.923. The first-order valence-electron chi connectivity index (χ1n) is 7.45. The Bertz CT molecular complexity index is 377. The number of hydrogen-bond acceptors (Lipinski definition) is 4. The molecule has 0 aliphatic rings. The van der Waals surface area contributed by atoms with Crippen molar-refractivity contribution in [2.45, 2.75) is 76.8 Å². The minimum atomic E-state index is -4.38. The molecule has 0 heterocycles. The molecule has 20 heavy (non-hydrogen) atoms. The van der Waals surface area contributed by atoms with Crippen LogP contribution in [0.4, 0.5) is 0 Å². The summed E-state index contributed by atoms with van der Waals surface area (Å²) < 4.78 is 37.3. The molecule has 1 unspecified atom stereocenters. The van der Waals surface area contributed by atoms with Crippen LogP contribution in [0, 0.1) is 0 Å². The Balaban J connectivity index is 5.17. The van der Waals surface area contributed by atoms with Gasteiger partial charge in [-0.15, -0.1) is 0 Å². The molecule has 0 rings (SSSR count). The van der Waals surface area contributed by atoms with Gasteiger partial charge in [0.1, 0.15) is 0 Å². The predicted molar refractivity (Wildman–Crippen MR) is 82.8 cm³/mol. The number of carbonyl (C=O) groups excluding carboxylic acids is 1. The Labute approximate surface area is 124 Å². The summed E-state index contributed by atoms with van der Waals surface area (Å²) >= 11 is 0. The first-order valence-corrected chi connectivity index (χ1v) is 11.5. The van der Waals surface area contributed by atoms with Crippen LogP contribution in [0.25, 0.3) is 0 Å². The van der Waals surface area contributed by atoms with Gasteiger partial charge in [0, 0.05) is 0 Å². The second-order valence-corrected chi connectivity index (χ2v) is 10.9. The highest BCUT2D eigenvalue weighted by Gasteiger charge is 2.40. The van der Waals surface area contributed by atoms with Crippen LogP contribution < -0.4 is 0 Å². The van der Waals surface area contributed by atoms with E-state index in [4.69, 9.17) is 8.98 Å². The fourth-order valence-electron chi connectivity index (χ4n) is 2.67. The SMILES string of the molecule is CCC[Si](CCC)(CCC)OC(=O)C(CC)S(=O)(=O)O. The van der Waals surface area contributed by atoms with Crippen molar-refractivity contribution < 1.29 is 22.2 Å². The van der Waals surface area contributed by atoms with Gasteiger partial charge >= 0.3 is 5.97 Å². The van der Waals surface area contributed by atoms with Crippen LogP contribution in [-0.2, 0) is 19.3 Å². The van der Waals surface area contributed by atoms with Crippen molar-refractivity contribution in [1.29, 1.82) is 0 Å².